The van der Waals surface area contributed by atoms with Crippen molar-refractivity contribution in [2.45, 2.75) is 46.1 Å². The molecule has 4 heteroatoms. The fourth-order valence-electron chi connectivity index (χ4n) is 2.07. The van der Waals surface area contributed by atoms with Crippen LogP contribution in [0.15, 0.2) is 0 Å². The first-order valence-electron chi connectivity index (χ1n) is 7.44. The molecule has 1 atom stereocenters. The van der Waals surface area contributed by atoms with Gasteiger partial charge in [0.15, 0.2) is 0 Å². The molecule has 0 spiro atoms. The number of rotatable bonds is 8. The van der Waals surface area contributed by atoms with E-state index in [1.807, 2.05) is 0 Å². The minimum atomic E-state index is 0.0994. The van der Waals surface area contributed by atoms with Gasteiger partial charge in [-0.1, -0.05) is 20.8 Å². The largest absolute Gasteiger partial charge is 0.352 e. The second-order valence-corrected chi connectivity index (χ2v) is 7.15. The van der Waals surface area contributed by atoms with E-state index in [1.165, 1.54) is 12.8 Å². The van der Waals surface area contributed by atoms with Gasteiger partial charge >= 0.3 is 0 Å². The number of carbonyl (C=O) groups is 1. The first-order valence-corrected chi connectivity index (χ1v) is 7.44. The molecule has 0 aliphatic heterocycles. The van der Waals surface area contributed by atoms with E-state index in [0.717, 1.165) is 25.4 Å². The summed E-state index contributed by atoms with van der Waals surface area (Å²) in [5, 5.41) is 6.42. The summed E-state index contributed by atoms with van der Waals surface area (Å²) >= 11 is 0. The van der Waals surface area contributed by atoms with Gasteiger partial charge in [0.25, 0.3) is 0 Å². The predicted octanol–water partition coefficient (Wildman–Crippen LogP) is 1.47. The van der Waals surface area contributed by atoms with Gasteiger partial charge in [-0.05, 0) is 57.8 Å². The molecule has 1 rings (SSSR count). The van der Waals surface area contributed by atoms with E-state index in [1.54, 1.807) is 0 Å². The molecular weight excluding hydrogens is 238 g/mol. The lowest BCUT2D eigenvalue weighted by atomic mass is 9.84. The van der Waals surface area contributed by atoms with E-state index < -0.39 is 0 Å². The summed E-state index contributed by atoms with van der Waals surface area (Å²) in [5.41, 5.74) is 0.0994. The molecule has 4 nitrogen and oxygen atoms in total. The second kappa shape index (κ2) is 7.25. The van der Waals surface area contributed by atoms with Crippen molar-refractivity contribution in [2.24, 2.45) is 11.3 Å². The van der Waals surface area contributed by atoms with Gasteiger partial charge in [0, 0.05) is 6.04 Å². The molecule has 0 saturated heterocycles. The van der Waals surface area contributed by atoms with E-state index in [9.17, 15) is 4.79 Å². The Kier molecular flexibility index (Phi) is 6.27. The maximum atomic E-state index is 12.0. The molecule has 1 amide bonds. The Bertz CT molecular complexity index is 280. The molecule has 0 heterocycles. The summed E-state index contributed by atoms with van der Waals surface area (Å²) in [6, 6.07) is 0.227. The van der Waals surface area contributed by atoms with E-state index in [2.05, 4.69) is 50.4 Å². The lowest BCUT2D eigenvalue weighted by Gasteiger charge is -2.32. The zero-order valence-electron chi connectivity index (χ0n) is 13.3. The summed E-state index contributed by atoms with van der Waals surface area (Å²) in [5.74, 6) is 0.944. The summed E-state index contributed by atoms with van der Waals surface area (Å²) < 4.78 is 0. The van der Waals surface area contributed by atoms with Crippen LogP contribution in [0.1, 0.15) is 40.0 Å². The van der Waals surface area contributed by atoms with Crippen molar-refractivity contribution in [3.63, 3.8) is 0 Å². The highest BCUT2D eigenvalue weighted by molar-refractivity contribution is 5.78. The highest BCUT2D eigenvalue weighted by atomic mass is 16.2. The van der Waals surface area contributed by atoms with Crippen molar-refractivity contribution in [1.82, 2.24) is 15.5 Å². The summed E-state index contributed by atoms with van der Waals surface area (Å²) in [6.45, 7) is 9.00. The molecule has 1 aliphatic rings. The normalized spacial score (nSPS) is 17.6. The molecular formula is C15H31N3O. The fourth-order valence-corrected chi connectivity index (χ4v) is 2.07. The molecule has 1 saturated carbocycles. The van der Waals surface area contributed by atoms with Crippen molar-refractivity contribution in [3.05, 3.63) is 0 Å². The zero-order chi connectivity index (χ0) is 14.5. The third-order valence-corrected chi connectivity index (χ3v) is 3.66. The van der Waals surface area contributed by atoms with Crippen LogP contribution in [0.5, 0.6) is 0 Å². The highest BCUT2D eigenvalue weighted by Crippen LogP contribution is 2.27. The van der Waals surface area contributed by atoms with E-state index in [4.69, 9.17) is 0 Å². The van der Waals surface area contributed by atoms with E-state index in [-0.39, 0.29) is 17.4 Å². The Balaban J connectivity index is 2.30. The van der Waals surface area contributed by atoms with Crippen molar-refractivity contribution in [2.75, 3.05) is 33.7 Å². The number of hydrogen-bond donors (Lipinski definition) is 2. The summed E-state index contributed by atoms with van der Waals surface area (Å²) in [6.07, 6.45) is 3.63. The molecule has 1 aliphatic carbocycles. The Labute approximate surface area is 118 Å². The first kappa shape index (κ1) is 16.4. The van der Waals surface area contributed by atoms with Crippen LogP contribution in [0.3, 0.4) is 0 Å². The van der Waals surface area contributed by atoms with Crippen molar-refractivity contribution >= 4 is 5.91 Å². The average Bonchev–Trinajstić information content (AvgIpc) is 3.06. The van der Waals surface area contributed by atoms with Gasteiger partial charge in [0.1, 0.15) is 0 Å². The molecule has 0 aromatic rings. The fraction of sp³-hybridized carbons (Fsp3) is 0.933. The number of amides is 1. The number of nitrogens with one attached hydrogen (secondary N) is 2. The lowest BCUT2D eigenvalue weighted by molar-refractivity contribution is -0.121. The van der Waals surface area contributed by atoms with Crippen LogP contribution in [0.25, 0.3) is 0 Å². The molecule has 19 heavy (non-hydrogen) atoms. The Morgan fingerprint density at radius 3 is 2.42 bits per heavy atom. The van der Waals surface area contributed by atoms with Gasteiger partial charge in [0.05, 0.1) is 6.54 Å². The van der Waals surface area contributed by atoms with Crippen LogP contribution in [0.4, 0.5) is 0 Å². The molecule has 0 bridgehead atoms. The predicted molar refractivity (Wildman–Crippen MR) is 80.2 cm³/mol. The standard InChI is InChI=1S/C15H31N3O/c1-15(2,3)13(8-9-18(4)5)17-14(19)11-16-10-12-6-7-12/h12-13,16H,6-11H2,1-5H3,(H,17,19). The maximum Gasteiger partial charge on any atom is 0.234 e. The third kappa shape index (κ3) is 7.53. The van der Waals surface area contributed by atoms with Crippen LogP contribution in [-0.4, -0.2) is 50.6 Å². The number of carbonyl (C=O) groups excluding carboxylic acids is 1. The van der Waals surface area contributed by atoms with Crippen molar-refractivity contribution in [1.29, 1.82) is 0 Å². The molecule has 2 N–H and O–H groups in total. The zero-order valence-corrected chi connectivity index (χ0v) is 13.3. The van der Waals surface area contributed by atoms with Crippen LogP contribution < -0.4 is 10.6 Å². The summed E-state index contributed by atoms with van der Waals surface area (Å²) in [4.78, 5) is 14.1. The maximum absolute atomic E-state index is 12.0. The molecule has 0 radical (unpaired) electrons. The molecule has 0 aromatic heterocycles. The van der Waals surface area contributed by atoms with Gasteiger partial charge in [0.2, 0.25) is 5.91 Å². The van der Waals surface area contributed by atoms with E-state index >= 15 is 0 Å². The Morgan fingerprint density at radius 1 is 1.32 bits per heavy atom. The van der Waals surface area contributed by atoms with Gasteiger partial charge in [-0.2, -0.15) is 0 Å². The van der Waals surface area contributed by atoms with Gasteiger partial charge in [-0.3, -0.25) is 4.79 Å². The Hall–Kier alpha value is -0.610. The molecule has 112 valence electrons. The van der Waals surface area contributed by atoms with Crippen molar-refractivity contribution in [3.8, 4) is 0 Å². The highest BCUT2D eigenvalue weighted by Gasteiger charge is 2.26. The summed E-state index contributed by atoms with van der Waals surface area (Å²) in [7, 11) is 4.14. The Morgan fingerprint density at radius 2 is 1.95 bits per heavy atom. The monoisotopic (exact) mass is 269 g/mol. The first-order chi connectivity index (χ1) is 8.79. The number of nitrogens with zero attached hydrogens (tertiary/aromatic N) is 1. The van der Waals surface area contributed by atoms with Crippen LogP contribution in [-0.2, 0) is 4.79 Å². The minimum absolute atomic E-state index is 0.0994. The topological polar surface area (TPSA) is 44.4 Å². The van der Waals surface area contributed by atoms with Gasteiger partial charge in [-0.25, -0.2) is 0 Å². The number of hydrogen-bond acceptors (Lipinski definition) is 3. The third-order valence-electron chi connectivity index (χ3n) is 3.66. The SMILES string of the molecule is CN(C)CCC(NC(=O)CNCC1CC1)C(C)(C)C. The van der Waals surface area contributed by atoms with Crippen LogP contribution in [0, 0.1) is 11.3 Å². The molecule has 0 aromatic carbocycles. The smallest absolute Gasteiger partial charge is 0.234 e. The minimum Gasteiger partial charge on any atom is -0.352 e. The van der Waals surface area contributed by atoms with E-state index in [0.29, 0.717) is 6.54 Å². The van der Waals surface area contributed by atoms with Gasteiger partial charge in [-0.15, -0.1) is 0 Å². The quantitative estimate of drug-likeness (QED) is 0.701. The van der Waals surface area contributed by atoms with Crippen LogP contribution in [0.2, 0.25) is 0 Å². The molecule has 1 unspecified atom stereocenters. The lowest BCUT2D eigenvalue weighted by Crippen LogP contribution is -2.48. The molecule has 1 fully saturated rings. The second-order valence-electron chi connectivity index (χ2n) is 7.15. The van der Waals surface area contributed by atoms with Gasteiger partial charge < -0.3 is 15.5 Å². The van der Waals surface area contributed by atoms with Crippen LogP contribution >= 0.6 is 0 Å². The average molecular weight is 269 g/mol. The van der Waals surface area contributed by atoms with Crippen molar-refractivity contribution < 1.29 is 4.79 Å².